The highest BCUT2D eigenvalue weighted by Crippen LogP contribution is 2.39. The fraction of sp³-hybridized carbons (Fsp3) is 0.320. The van der Waals surface area contributed by atoms with Gasteiger partial charge in [0.25, 0.3) is 5.91 Å². The van der Waals surface area contributed by atoms with Crippen LogP contribution in [0.15, 0.2) is 48.5 Å². The number of hydrogen-bond acceptors (Lipinski definition) is 6. The Morgan fingerprint density at radius 3 is 2.82 bits per heavy atom. The van der Waals surface area contributed by atoms with E-state index in [9.17, 15) is 9.59 Å². The van der Waals surface area contributed by atoms with Crippen molar-refractivity contribution in [1.82, 2.24) is 10.3 Å². The molecule has 5 rings (SSSR count). The molecule has 1 aliphatic heterocycles. The normalized spacial score (nSPS) is 16.8. The minimum Gasteiger partial charge on any atom is -0.454 e. The van der Waals surface area contributed by atoms with Gasteiger partial charge in [0.05, 0.1) is 11.6 Å². The zero-order valence-corrected chi connectivity index (χ0v) is 19.1. The third kappa shape index (κ3) is 4.71. The number of amides is 2. The number of nitrogens with zero attached hydrogens (tertiary/aromatic N) is 1. The molecule has 1 aromatic heterocycles. The Kier molecular flexibility index (Phi) is 6.00. The van der Waals surface area contributed by atoms with Crippen LogP contribution in [0.5, 0.6) is 11.5 Å². The maximum Gasteiger partial charge on any atom is 0.257 e. The first kappa shape index (κ1) is 21.5. The number of fused-ring (bicyclic) bond motifs is 2. The molecule has 2 aliphatic rings. The zero-order chi connectivity index (χ0) is 22.8. The summed E-state index contributed by atoms with van der Waals surface area (Å²) in [6.45, 7) is 2.20. The molecule has 2 heterocycles. The molecule has 0 spiro atoms. The van der Waals surface area contributed by atoms with Gasteiger partial charge in [-0.1, -0.05) is 30.3 Å². The van der Waals surface area contributed by atoms with Crippen LogP contribution in [0.1, 0.15) is 52.2 Å². The number of ether oxygens (including phenoxy) is 2. The van der Waals surface area contributed by atoms with E-state index >= 15 is 0 Å². The molecule has 33 heavy (non-hydrogen) atoms. The third-order valence-corrected chi connectivity index (χ3v) is 7.03. The van der Waals surface area contributed by atoms with Crippen LogP contribution in [0.2, 0.25) is 0 Å². The highest BCUT2D eigenvalue weighted by atomic mass is 32.1. The van der Waals surface area contributed by atoms with Crippen LogP contribution in [0.25, 0.3) is 0 Å². The SMILES string of the molecule is C[C@@H](CCc1ccccc1)NC(=O)[C@H]1CCc2sc(NC(=O)c3ccc4c(c3)OCO4)nc21. The van der Waals surface area contributed by atoms with Crippen LogP contribution < -0.4 is 20.1 Å². The summed E-state index contributed by atoms with van der Waals surface area (Å²) in [7, 11) is 0. The van der Waals surface area contributed by atoms with Crippen LogP contribution >= 0.6 is 11.3 Å². The molecule has 2 N–H and O–H groups in total. The number of thiazole rings is 1. The van der Waals surface area contributed by atoms with Gasteiger partial charge < -0.3 is 14.8 Å². The number of aromatic nitrogens is 1. The van der Waals surface area contributed by atoms with Crippen LogP contribution in [0.3, 0.4) is 0 Å². The van der Waals surface area contributed by atoms with E-state index in [4.69, 9.17) is 9.47 Å². The molecule has 0 bridgehead atoms. The van der Waals surface area contributed by atoms with Gasteiger partial charge in [-0.3, -0.25) is 14.9 Å². The number of hydrogen-bond donors (Lipinski definition) is 2. The number of anilines is 1. The van der Waals surface area contributed by atoms with Crippen molar-refractivity contribution in [2.45, 2.75) is 44.6 Å². The molecular weight excluding hydrogens is 438 g/mol. The Hall–Kier alpha value is -3.39. The maximum atomic E-state index is 12.9. The highest BCUT2D eigenvalue weighted by molar-refractivity contribution is 7.16. The van der Waals surface area contributed by atoms with Gasteiger partial charge in [-0.15, -0.1) is 11.3 Å². The van der Waals surface area contributed by atoms with Crippen LogP contribution in [0.4, 0.5) is 5.13 Å². The summed E-state index contributed by atoms with van der Waals surface area (Å²) < 4.78 is 10.6. The van der Waals surface area contributed by atoms with Crippen LogP contribution in [0, 0.1) is 0 Å². The van der Waals surface area contributed by atoms with Gasteiger partial charge in [0.15, 0.2) is 16.6 Å². The summed E-state index contributed by atoms with van der Waals surface area (Å²) in [5.74, 6) is 0.658. The second-order valence-corrected chi connectivity index (χ2v) is 9.46. The average Bonchev–Trinajstić information content (AvgIpc) is 3.53. The largest absolute Gasteiger partial charge is 0.454 e. The Labute approximate surface area is 196 Å². The molecule has 8 heteroatoms. The van der Waals surface area contributed by atoms with Crippen LogP contribution in [-0.2, 0) is 17.6 Å². The minimum absolute atomic E-state index is 0.00765. The lowest BCUT2D eigenvalue weighted by molar-refractivity contribution is -0.123. The molecule has 0 radical (unpaired) electrons. The van der Waals surface area contributed by atoms with E-state index in [2.05, 4.69) is 27.8 Å². The van der Waals surface area contributed by atoms with Gasteiger partial charge >= 0.3 is 0 Å². The molecule has 1 aliphatic carbocycles. The molecule has 7 nitrogen and oxygen atoms in total. The number of nitrogens with one attached hydrogen (secondary N) is 2. The van der Waals surface area contributed by atoms with E-state index in [0.717, 1.165) is 36.3 Å². The predicted molar refractivity (Wildman–Crippen MR) is 126 cm³/mol. The van der Waals surface area contributed by atoms with E-state index in [1.54, 1.807) is 18.2 Å². The van der Waals surface area contributed by atoms with Gasteiger partial charge in [0.2, 0.25) is 12.7 Å². The van der Waals surface area contributed by atoms with Gasteiger partial charge in [0.1, 0.15) is 0 Å². The number of benzene rings is 2. The summed E-state index contributed by atoms with van der Waals surface area (Å²) in [6.07, 6.45) is 3.35. The first-order valence-corrected chi connectivity index (χ1v) is 11.9. The van der Waals surface area contributed by atoms with Crippen molar-refractivity contribution in [2.75, 3.05) is 12.1 Å². The predicted octanol–water partition coefficient (Wildman–Crippen LogP) is 4.29. The third-order valence-electron chi connectivity index (χ3n) is 5.99. The van der Waals surface area contributed by atoms with E-state index in [-0.39, 0.29) is 30.6 Å². The van der Waals surface area contributed by atoms with Gasteiger partial charge in [-0.2, -0.15) is 0 Å². The van der Waals surface area contributed by atoms with Crippen molar-refractivity contribution in [3.63, 3.8) is 0 Å². The van der Waals surface area contributed by atoms with Crippen molar-refractivity contribution < 1.29 is 19.1 Å². The Morgan fingerprint density at radius 2 is 1.97 bits per heavy atom. The van der Waals surface area contributed by atoms with Crippen molar-refractivity contribution in [1.29, 1.82) is 0 Å². The molecule has 2 aromatic carbocycles. The van der Waals surface area contributed by atoms with E-state index in [1.807, 2.05) is 25.1 Å². The summed E-state index contributed by atoms with van der Waals surface area (Å²) in [4.78, 5) is 31.3. The summed E-state index contributed by atoms with van der Waals surface area (Å²) in [6, 6.07) is 15.4. The number of carbonyl (C=O) groups is 2. The number of carbonyl (C=O) groups excluding carboxylic acids is 2. The maximum absolute atomic E-state index is 12.9. The van der Waals surface area contributed by atoms with E-state index in [1.165, 1.54) is 16.9 Å². The van der Waals surface area contributed by atoms with E-state index in [0.29, 0.717) is 22.2 Å². The summed E-state index contributed by atoms with van der Waals surface area (Å²) in [5.41, 5.74) is 2.52. The second kappa shape index (κ2) is 9.23. The van der Waals surface area contributed by atoms with Crippen molar-refractivity contribution in [3.8, 4) is 11.5 Å². The number of rotatable bonds is 7. The van der Waals surface area contributed by atoms with Crippen LogP contribution in [-0.4, -0.2) is 29.6 Å². The first-order valence-electron chi connectivity index (χ1n) is 11.1. The fourth-order valence-electron chi connectivity index (χ4n) is 4.19. The molecule has 2 amide bonds. The molecule has 0 saturated heterocycles. The molecule has 0 unspecified atom stereocenters. The molecule has 2 atom stereocenters. The Morgan fingerprint density at radius 1 is 1.15 bits per heavy atom. The lowest BCUT2D eigenvalue weighted by Crippen LogP contribution is -2.36. The second-order valence-electron chi connectivity index (χ2n) is 8.37. The highest BCUT2D eigenvalue weighted by Gasteiger charge is 2.33. The molecule has 170 valence electrons. The Bertz CT molecular complexity index is 1180. The summed E-state index contributed by atoms with van der Waals surface area (Å²) >= 11 is 1.44. The average molecular weight is 464 g/mol. The topological polar surface area (TPSA) is 89.6 Å². The quantitative estimate of drug-likeness (QED) is 0.546. The standard InChI is InChI=1S/C25H25N3O4S/c1-15(7-8-16-5-3-2-4-6-16)26-24(30)18-10-12-21-22(18)27-25(33-21)28-23(29)17-9-11-19-20(13-17)32-14-31-19/h2-6,9,11,13,15,18H,7-8,10,12,14H2,1H3,(H,26,30)(H,27,28,29)/t15-,18-/m0/s1. The molecular formula is C25H25N3O4S. The number of aryl methyl sites for hydroxylation is 2. The van der Waals surface area contributed by atoms with E-state index < -0.39 is 0 Å². The summed E-state index contributed by atoms with van der Waals surface area (Å²) in [5, 5.41) is 6.51. The molecule has 0 saturated carbocycles. The van der Waals surface area contributed by atoms with Gasteiger partial charge in [0, 0.05) is 16.5 Å². The van der Waals surface area contributed by atoms with Crippen molar-refractivity contribution in [2.24, 2.45) is 0 Å². The van der Waals surface area contributed by atoms with Gasteiger partial charge in [-0.25, -0.2) is 4.98 Å². The van der Waals surface area contributed by atoms with Crippen molar-refractivity contribution >= 4 is 28.3 Å². The first-order chi connectivity index (χ1) is 16.1. The lowest BCUT2D eigenvalue weighted by atomic mass is 10.0. The van der Waals surface area contributed by atoms with Gasteiger partial charge in [-0.05, 0) is 56.4 Å². The monoisotopic (exact) mass is 463 g/mol. The smallest absolute Gasteiger partial charge is 0.257 e. The fourth-order valence-corrected chi connectivity index (χ4v) is 5.22. The lowest BCUT2D eigenvalue weighted by Gasteiger charge is -2.17. The Balaban J connectivity index is 1.19. The van der Waals surface area contributed by atoms with Crippen molar-refractivity contribution in [3.05, 3.63) is 70.2 Å². The zero-order valence-electron chi connectivity index (χ0n) is 18.3. The molecule has 3 aromatic rings. The molecule has 0 fully saturated rings. The minimum atomic E-state index is -0.272.